The maximum atomic E-state index is 2.48. The zero-order valence-electron chi connectivity index (χ0n) is 26.3. The molecule has 6 aromatic carbocycles. The van der Waals surface area contributed by atoms with Gasteiger partial charge in [-0.2, -0.15) is 0 Å². The lowest BCUT2D eigenvalue weighted by molar-refractivity contribution is 0.865. The number of hydrogen-bond donors (Lipinski definition) is 0. The van der Waals surface area contributed by atoms with E-state index in [1.165, 1.54) is 93.0 Å². The van der Waals surface area contributed by atoms with E-state index < -0.39 is 7.92 Å². The van der Waals surface area contributed by atoms with Crippen molar-refractivity contribution in [2.75, 3.05) is 12.3 Å². The van der Waals surface area contributed by atoms with Crippen LogP contribution in [0.1, 0.15) is 50.7 Å². The fraction of sp³-hybridized carbons (Fsp3) is 0.238. The minimum absolute atomic E-state index is 0.0484. The summed E-state index contributed by atoms with van der Waals surface area (Å²) in [6.45, 7) is 4.68. The van der Waals surface area contributed by atoms with Gasteiger partial charge >= 0.3 is 0 Å². The smallest absolute Gasteiger partial charge is 0.00138 e. The van der Waals surface area contributed by atoms with Crippen LogP contribution in [0.5, 0.6) is 0 Å². The Morgan fingerprint density at radius 2 is 0.864 bits per heavy atom. The molecule has 0 saturated carbocycles. The summed E-state index contributed by atoms with van der Waals surface area (Å²) in [5.74, 6) is 0. The number of benzene rings is 6. The molecular formula is C42H44P2. The van der Waals surface area contributed by atoms with Crippen LogP contribution < -0.4 is 10.6 Å². The zero-order valence-corrected chi connectivity index (χ0v) is 28.0. The predicted molar refractivity (Wildman–Crippen MR) is 200 cm³/mol. The predicted octanol–water partition coefficient (Wildman–Crippen LogP) is 11.9. The summed E-state index contributed by atoms with van der Waals surface area (Å²) in [6, 6.07) is 50.2. The first kappa shape index (κ1) is 30.7. The first-order chi connectivity index (χ1) is 21.8. The maximum Gasteiger partial charge on any atom is 0.00138 e. The molecule has 0 amide bonds. The molecule has 0 spiro atoms. The molecule has 6 rings (SSSR count). The Kier molecular flexibility index (Phi) is 10.6. The van der Waals surface area contributed by atoms with Gasteiger partial charge in [-0.1, -0.05) is 160 Å². The minimum Gasteiger partial charge on any atom is -0.102 e. The second-order valence-electron chi connectivity index (χ2n) is 11.9. The van der Waals surface area contributed by atoms with Gasteiger partial charge in [-0.3, -0.25) is 0 Å². The first-order valence-corrected chi connectivity index (χ1v) is 19.8. The molecule has 0 bridgehead atoms. The van der Waals surface area contributed by atoms with Gasteiger partial charge in [0.15, 0.2) is 0 Å². The monoisotopic (exact) mass is 610 g/mol. The fourth-order valence-corrected chi connectivity index (χ4v) is 11.6. The van der Waals surface area contributed by atoms with Crippen molar-refractivity contribution < 1.29 is 0 Å². The quantitative estimate of drug-likeness (QED) is 0.114. The van der Waals surface area contributed by atoms with E-state index in [1.54, 1.807) is 5.56 Å². The third-order valence-corrected chi connectivity index (χ3v) is 14.0. The summed E-state index contributed by atoms with van der Waals surface area (Å²) in [4.78, 5) is 0. The van der Waals surface area contributed by atoms with Crippen molar-refractivity contribution in [1.82, 2.24) is 0 Å². The molecule has 0 nitrogen and oxygen atoms in total. The molecule has 0 aliphatic rings. The third kappa shape index (κ3) is 6.99. The van der Waals surface area contributed by atoms with Crippen LogP contribution >= 0.6 is 15.8 Å². The standard InChI is InChI=1S/C42H44P2/c1-3-5-29-43(30-6-4-2)31-35-27-25-33-17-13-15-23-39(33)41(35)42-36(28-26-34-18-14-16-24-40(34)42)32-44(37-19-9-7-10-20-37)38-21-11-8-12-22-38/h7-28H,3-6,29-32H2,1-2H3. The average Bonchev–Trinajstić information content (AvgIpc) is 3.09. The molecule has 0 aliphatic heterocycles. The highest BCUT2D eigenvalue weighted by Crippen LogP contribution is 2.49. The van der Waals surface area contributed by atoms with Gasteiger partial charge in [-0.15, -0.1) is 7.92 Å². The van der Waals surface area contributed by atoms with E-state index in [0.717, 1.165) is 6.16 Å². The Hall–Kier alpha value is -3.30. The summed E-state index contributed by atoms with van der Waals surface area (Å²) >= 11 is 0. The lowest BCUT2D eigenvalue weighted by Gasteiger charge is -2.25. The van der Waals surface area contributed by atoms with E-state index in [4.69, 9.17) is 0 Å². The molecule has 0 atom stereocenters. The van der Waals surface area contributed by atoms with Gasteiger partial charge in [0.1, 0.15) is 0 Å². The molecule has 0 aliphatic carbocycles. The fourth-order valence-electron chi connectivity index (χ4n) is 6.48. The highest BCUT2D eigenvalue weighted by atomic mass is 31.1. The van der Waals surface area contributed by atoms with Crippen LogP contribution in [0, 0.1) is 0 Å². The maximum absolute atomic E-state index is 2.48. The second kappa shape index (κ2) is 15.1. The topological polar surface area (TPSA) is 0 Å². The second-order valence-corrected chi connectivity index (χ2v) is 16.6. The summed E-state index contributed by atoms with van der Waals surface area (Å²) in [6.07, 6.45) is 10.3. The van der Waals surface area contributed by atoms with Gasteiger partial charge < -0.3 is 0 Å². The van der Waals surface area contributed by atoms with Gasteiger partial charge in [0, 0.05) is 6.16 Å². The van der Waals surface area contributed by atoms with E-state index in [2.05, 4.69) is 147 Å². The molecule has 0 fully saturated rings. The Morgan fingerprint density at radius 3 is 1.34 bits per heavy atom. The van der Waals surface area contributed by atoms with Crippen LogP contribution in [-0.4, -0.2) is 12.3 Å². The highest BCUT2D eigenvalue weighted by Gasteiger charge is 2.22. The van der Waals surface area contributed by atoms with E-state index in [-0.39, 0.29) is 7.92 Å². The van der Waals surface area contributed by atoms with Crippen molar-refractivity contribution in [1.29, 1.82) is 0 Å². The highest BCUT2D eigenvalue weighted by molar-refractivity contribution is 7.72. The van der Waals surface area contributed by atoms with Gasteiger partial charge in [0.25, 0.3) is 0 Å². The van der Waals surface area contributed by atoms with E-state index in [0.29, 0.717) is 0 Å². The minimum atomic E-state index is -0.571. The Labute approximate surface area is 267 Å². The molecule has 2 heteroatoms. The lowest BCUT2D eigenvalue weighted by Crippen LogP contribution is -2.13. The Balaban J connectivity index is 1.57. The van der Waals surface area contributed by atoms with Crippen LogP contribution in [0.15, 0.2) is 133 Å². The molecule has 0 N–H and O–H groups in total. The van der Waals surface area contributed by atoms with E-state index in [1.807, 2.05) is 0 Å². The van der Waals surface area contributed by atoms with Crippen LogP contribution in [0.2, 0.25) is 0 Å². The number of hydrogen-bond acceptors (Lipinski definition) is 0. The van der Waals surface area contributed by atoms with Crippen molar-refractivity contribution in [3.63, 3.8) is 0 Å². The van der Waals surface area contributed by atoms with Crippen molar-refractivity contribution in [3.8, 4) is 11.1 Å². The zero-order chi connectivity index (χ0) is 30.1. The third-order valence-electron chi connectivity index (χ3n) is 8.79. The summed E-state index contributed by atoms with van der Waals surface area (Å²) in [5, 5.41) is 8.32. The molecule has 6 aromatic rings. The number of unbranched alkanes of at least 4 members (excludes halogenated alkanes) is 2. The lowest BCUT2D eigenvalue weighted by atomic mass is 9.88. The number of rotatable bonds is 13. The van der Waals surface area contributed by atoms with Crippen LogP contribution in [-0.2, 0) is 12.3 Å². The van der Waals surface area contributed by atoms with Crippen molar-refractivity contribution in [3.05, 3.63) is 145 Å². The average molecular weight is 611 g/mol. The van der Waals surface area contributed by atoms with Crippen molar-refractivity contribution >= 4 is 48.0 Å². The Bertz CT molecular complexity index is 1740. The van der Waals surface area contributed by atoms with Crippen LogP contribution in [0.3, 0.4) is 0 Å². The molecule has 0 saturated heterocycles. The van der Waals surface area contributed by atoms with Gasteiger partial charge in [0.05, 0.1) is 0 Å². The summed E-state index contributed by atoms with van der Waals surface area (Å²) in [5.41, 5.74) is 5.94. The Morgan fingerprint density at radius 1 is 0.432 bits per heavy atom. The SMILES string of the molecule is CCCCP(CCCC)Cc1ccc2ccccc2c1-c1c(CP(c2ccccc2)c2ccccc2)ccc2ccccc12. The van der Waals surface area contributed by atoms with Crippen molar-refractivity contribution in [2.45, 2.75) is 51.9 Å². The summed E-state index contributed by atoms with van der Waals surface area (Å²) < 4.78 is 0. The van der Waals surface area contributed by atoms with Gasteiger partial charge in [0.2, 0.25) is 0 Å². The summed E-state index contributed by atoms with van der Waals surface area (Å²) in [7, 11) is -0.619. The van der Waals surface area contributed by atoms with E-state index >= 15 is 0 Å². The van der Waals surface area contributed by atoms with E-state index in [9.17, 15) is 0 Å². The van der Waals surface area contributed by atoms with Crippen LogP contribution in [0.4, 0.5) is 0 Å². The van der Waals surface area contributed by atoms with Crippen molar-refractivity contribution in [2.24, 2.45) is 0 Å². The molecular weight excluding hydrogens is 566 g/mol. The molecule has 44 heavy (non-hydrogen) atoms. The number of fused-ring (bicyclic) bond motifs is 2. The largest absolute Gasteiger partial charge is 0.102 e. The van der Waals surface area contributed by atoms with Crippen LogP contribution in [0.25, 0.3) is 32.7 Å². The molecule has 0 radical (unpaired) electrons. The normalized spacial score (nSPS) is 11.6. The van der Waals surface area contributed by atoms with Gasteiger partial charge in [-0.05, 0) is 93.7 Å². The molecule has 222 valence electrons. The molecule has 0 heterocycles. The molecule has 0 unspecified atom stereocenters. The first-order valence-electron chi connectivity index (χ1n) is 16.4. The molecule has 0 aromatic heterocycles. The van der Waals surface area contributed by atoms with Gasteiger partial charge in [-0.25, -0.2) is 0 Å².